The second-order valence-corrected chi connectivity index (χ2v) is 7.52. The zero-order chi connectivity index (χ0) is 19.8. The summed E-state index contributed by atoms with van der Waals surface area (Å²) in [5.74, 6) is 2.68. The van der Waals surface area contributed by atoms with E-state index in [0.717, 1.165) is 45.2 Å². The molecule has 1 aliphatic heterocycles. The molecule has 0 fully saturated rings. The normalized spacial score (nSPS) is 12.4. The standard InChI is InChI=1S/C20H21N3O4S/c1-5-23(9-13-6-7-14-15(8-13)27-10-26-14)18-16-11(2)17(20(24)25-4)28-19(16)22-12(3)21-18/h6-8H,5,9-10H2,1-4H3. The number of aromatic nitrogens is 2. The van der Waals surface area contributed by atoms with Crippen molar-refractivity contribution in [1.29, 1.82) is 0 Å². The smallest absolute Gasteiger partial charge is 0.348 e. The predicted molar refractivity (Wildman–Crippen MR) is 108 cm³/mol. The van der Waals surface area contributed by atoms with Crippen molar-refractivity contribution in [2.24, 2.45) is 0 Å². The number of benzene rings is 1. The van der Waals surface area contributed by atoms with Gasteiger partial charge in [0.15, 0.2) is 11.5 Å². The molecule has 1 aliphatic rings. The van der Waals surface area contributed by atoms with Crippen LogP contribution in [0.2, 0.25) is 0 Å². The molecule has 8 heteroatoms. The lowest BCUT2D eigenvalue weighted by Gasteiger charge is -2.23. The van der Waals surface area contributed by atoms with Crippen molar-refractivity contribution < 1.29 is 19.0 Å². The number of anilines is 1. The highest BCUT2D eigenvalue weighted by molar-refractivity contribution is 7.20. The van der Waals surface area contributed by atoms with Gasteiger partial charge in [-0.2, -0.15) is 0 Å². The van der Waals surface area contributed by atoms with Gasteiger partial charge in [-0.25, -0.2) is 14.8 Å². The summed E-state index contributed by atoms with van der Waals surface area (Å²) in [4.78, 5) is 24.9. The van der Waals surface area contributed by atoms with Gasteiger partial charge in [-0.05, 0) is 44.0 Å². The van der Waals surface area contributed by atoms with Gasteiger partial charge in [-0.3, -0.25) is 0 Å². The molecule has 7 nitrogen and oxygen atoms in total. The van der Waals surface area contributed by atoms with Crippen LogP contribution in [0, 0.1) is 13.8 Å². The molecule has 0 bridgehead atoms. The Kier molecular flexibility index (Phi) is 4.80. The molecule has 0 aliphatic carbocycles. The van der Waals surface area contributed by atoms with Crippen LogP contribution in [0.5, 0.6) is 11.5 Å². The van der Waals surface area contributed by atoms with Crippen LogP contribution >= 0.6 is 11.3 Å². The molecule has 4 rings (SSSR count). The molecule has 2 aromatic heterocycles. The first-order chi connectivity index (χ1) is 13.5. The van der Waals surface area contributed by atoms with Gasteiger partial charge in [0, 0.05) is 13.1 Å². The Hall–Kier alpha value is -2.87. The molecule has 0 atom stereocenters. The van der Waals surface area contributed by atoms with Gasteiger partial charge in [0.1, 0.15) is 21.3 Å². The molecule has 28 heavy (non-hydrogen) atoms. The van der Waals surface area contributed by atoms with Gasteiger partial charge in [0.05, 0.1) is 12.5 Å². The Morgan fingerprint density at radius 3 is 2.79 bits per heavy atom. The summed E-state index contributed by atoms with van der Waals surface area (Å²) in [5.41, 5.74) is 1.95. The van der Waals surface area contributed by atoms with E-state index in [0.29, 0.717) is 17.2 Å². The fourth-order valence-corrected chi connectivity index (χ4v) is 4.47. The maximum atomic E-state index is 12.1. The van der Waals surface area contributed by atoms with E-state index in [1.165, 1.54) is 18.4 Å². The zero-order valence-corrected chi connectivity index (χ0v) is 17.1. The van der Waals surface area contributed by atoms with Gasteiger partial charge in [-0.15, -0.1) is 11.3 Å². The number of rotatable bonds is 5. The number of ether oxygens (including phenoxy) is 3. The number of carbonyl (C=O) groups excluding carboxylic acids is 1. The maximum absolute atomic E-state index is 12.1. The number of hydrogen-bond donors (Lipinski definition) is 0. The summed E-state index contributed by atoms with van der Waals surface area (Å²) in [6.07, 6.45) is 0. The quantitative estimate of drug-likeness (QED) is 0.603. The molecule has 3 aromatic rings. The van der Waals surface area contributed by atoms with E-state index in [2.05, 4.69) is 16.8 Å². The molecule has 0 N–H and O–H groups in total. The second kappa shape index (κ2) is 7.27. The average molecular weight is 399 g/mol. The van der Waals surface area contributed by atoms with E-state index in [4.69, 9.17) is 19.2 Å². The summed E-state index contributed by atoms with van der Waals surface area (Å²) < 4.78 is 15.8. The topological polar surface area (TPSA) is 73.8 Å². The number of nitrogens with zero attached hydrogens (tertiary/aromatic N) is 3. The van der Waals surface area contributed by atoms with E-state index in [-0.39, 0.29) is 12.8 Å². The Bertz CT molecular complexity index is 1060. The first-order valence-electron chi connectivity index (χ1n) is 9.01. The number of aryl methyl sites for hydroxylation is 2. The second-order valence-electron chi connectivity index (χ2n) is 6.52. The van der Waals surface area contributed by atoms with Crippen LogP contribution in [0.1, 0.15) is 33.5 Å². The Balaban J connectivity index is 1.77. The number of fused-ring (bicyclic) bond motifs is 2. The molecule has 146 valence electrons. The minimum atomic E-state index is -0.345. The lowest BCUT2D eigenvalue weighted by atomic mass is 10.1. The first kappa shape index (κ1) is 18.5. The molecule has 3 heterocycles. The van der Waals surface area contributed by atoms with Gasteiger partial charge in [-0.1, -0.05) is 6.07 Å². The van der Waals surface area contributed by atoms with E-state index in [1.807, 2.05) is 32.0 Å². The molecule has 0 spiro atoms. The van der Waals surface area contributed by atoms with Crippen molar-refractivity contribution in [3.05, 3.63) is 40.0 Å². The lowest BCUT2D eigenvalue weighted by molar-refractivity contribution is 0.0605. The number of hydrogen-bond acceptors (Lipinski definition) is 8. The van der Waals surface area contributed by atoms with Crippen molar-refractivity contribution in [2.45, 2.75) is 27.3 Å². The molecule has 0 unspecified atom stereocenters. The fourth-order valence-electron chi connectivity index (χ4n) is 3.33. The van der Waals surface area contributed by atoms with Crippen LogP contribution in [-0.4, -0.2) is 36.4 Å². The van der Waals surface area contributed by atoms with Crippen molar-refractivity contribution in [3.8, 4) is 11.5 Å². The van der Waals surface area contributed by atoms with E-state index in [9.17, 15) is 4.79 Å². The van der Waals surface area contributed by atoms with E-state index in [1.54, 1.807) is 0 Å². The van der Waals surface area contributed by atoms with Crippen molar-refractivity contribution in [1.82, 2.24) is 9.97 Å². The Morgan fingerprint density at radius 2 is 2.04 bits per heavy atom. The minimum absolute atomic E-state index is 0.256. The number of thiophene rings is 1. The highest BCUT2D eigenvalue weighted by atomic mass is 32.1. The first-order valence-corrected chi connectivity index (χ1v) is 9.83. The average Bonchev–Trinajstić information content (AvgIpc) is 3.28. The van der Waals surface area contributed by atoms with Crippen molar-refractivity contribution in [3.63, 3.8) is 0 Å². The monoisotopic (exact) mass is 399 g/mol. The third-order valence-corrected chi connectivity index (χ3v) is 5.91. The number of methoxy groups -OCH3 is 1. The maximum Gasteiger partial charge on any atom is 0.348 e. The summed E-state index contributed by atoms with van der Waals surface area (Å²) in [5, 5.41) is 0.901. The van der Waals surface area contributed by atoms with E-state index < -0.39 is 0 Å². The van der Waals surface area contributed by atoms with Crippen LogP contribution < -0.4 is 14.4 Å². The third-order valence-electron chi connectivity index (χ3n) is 4.75. The third kappa shape index (κ3) is 3.13. The molecule has 0 radical (unpaired) electrons. The molecular weight excluding hydrogens is 378 g/mol. The van der Waals surface area contributed by atoms with Gasteiger partial charge in [0.2, 0.25) is 6.79 Å². The van der Waals surface area contributed by atoms with Crippen molar-refractivity contribution >= 4 is 33.3 Å². The van der Waals surface area contributed by atoms with Crippen LogP contribution in [0.15, 0.2) is 18.2 Å². The largest absolute Gasteiger partial charge is 0.465 e. The van der Waals surface area contributed by atoms with Gasteiger partial charge >= 0.3 is 5.97 Å². The van der Waals surface area contributed by atoms with Crippen LogP contribution in [-0.2, 0) is 11.3 Å². The molecule has 1 aromatic carbocycles. The van der Waals surface area contributed by atoms with Crippen LogP contribution in [0.3, 0.4) is 0 Å². The lowest BCUT2D eigenvalue weighted by Crippen LogP contribution is -2.24. The minimum Gasteiger partial charge on any atom is -0.465 e. The van der Waals surface area contributed by atoms with Crippen LogP contribution in [0.4, 0.5) is 5.82 Å². The van der Waals surface area contributed by atoms with Gasteiger partial charge < -0.3 is 19.1 Å². The molecular formula is C20H21N3O4S. The summed E-state index contributed by atoms with van der Waals surface area (Å²) >= 11 is 1.35. The summed E-state index contributed by atoms with van der Waals surface area (Å²) in [7, 11) is 1.39. The zero-order valence-electron chi connectivity index (χ0n) is 16.2. The molecule has 0 saturated carbocycles. The highest BCUT2D eigenvalue weighted by Crippen LogP contribution is 2.37. The SMILES string of the molecule is CCN(Cc1ccc2c(c1)OCO2)c1nc(C)nc2sc(C(=O)OC)c(C)c12. The van der Waals surface area contributed by atoms with E-state index >= 15 is 0 Å². The van der Waals surface area contributed by atoms with Gasteiger partial charge in [0.25, 0.3) is 0 Å². The Labute approximate surface area is 166 Å². The summed E-state index contributed by atoms with van der Waals surface area (Å²) in [6.45, 7) is 7.53. The predicted octanol–water partition coefficient (Wildman–Crippen LogP) is 3.85. The molecule has 0 saturated heterocycles. The number of esters is 1. The molecule has 0 amide bonds. The highest BCUT2D eigenvalue weighted by Gasteiger charge is 2.23. The summed E-state index contributed by atoms with van der Waals surface area (Å²) in [6, 6.07) is 5.95. The van der Waals surface area contributed by atoms with Crippen molar-refractivity contribution in [2.75, 3.05) is 25.3 Å². The Morgan fingerprint density at radius 1 is 1.25 bits per heavy atom. The fraction of sp³-hybridized carbons (Fsp3) is 0.350. The van der Waals surface area contributed by atoms with Crippen LogP contribution in [0.25, 0.3) is 10.2 Å². The number of carbonyl (C=O) groups is 1.